The molecule has 0 saturated heterocycles. The minimum Gasteiger partial charge on any atom is -0.426 e. The van der Waals surface area contributed by atoms with Gasteiger partial charge in [0.15, 0.2) is 0 Å². The van der Waals surface area contributed by atoms with Crippen molar-refractivity contribution in [1.82, 2.24) is 0 Å². The van der Waals surface area contributed by atoms with Crippen LogP contribution in [0.5, 0.6) is 5.75 Å². The van der Waals surface area contributed by atoms with Crippen molar-refractivity contribution in [3.63, 3.8) is 0 Å². The lowest BCUT2D eigenvalue weighted by atomic mass is 10.3. The van der Waals surface area contributed by atoms with Crippen molar-refractivity contribution in [2.45, 2.75) is 19.4 Å². The number of benzene rings is 1. The Labute approximate surface area is 77.0 Å². The highest BCUT2D eigenvalue weighted by Gasteiger charge is 2.07. The van der Waals surface area contributed by atoms with E-state index in [0.717, 1.165) is 0 Å². The Morgan fingerprint density at radius 2 is 2.08 bits per heavy atom. The highest BCUT2D eigenvalue weighted by Crippen LogP contribution is 2.09. The first kappa shape index (κ1) is 9.74. The van der Waals surface area contributed by atoms with Gasteiger partial charge in [-0.3, -0.25) is 4.79 Å². The first-order chi connectivity index (χ1) is 6.18. The first-order valence-corrected chi connectivity index (χ1v) is 4.12. The van der Waals surface area contributed by atoms with E-state index in [9.17, 15) is 4.79 Å². The zero-order chi connectivity index (χ0) is 9.68. The van der Waals surface area contributed by atoms with Gasteiger partial charge in [-0.05, 0) is 19.1 Å². The topological polar surface area (TPSA) is 46.5 Å². The van der Waals surface area contributed by atoms with Gasteiger partial charge in [-0.1, -0.05) is 18.2 Å². The molecule has 0 amide bonds. The smallest absolute Gasteiger partial charge is 0.313 e. The van der Waals surface area contributed by atoms with Gasteiger partial charge in [0.05, 0.1) is 12.5 Å². The molecule has 0 heterocycles. The number of aliphatic hydroxyl groups excluding tert-OH is 1. The predicted octanol–water partition coefficient (Wildman–Crippen LogP) is 1.36. The van der Waals surface area contributed by atoms with Gasteiger partial charge in [-0.15, -0.1) is 0 Å². The van der Waals surface area contributed by atoms with E-state index in [-0.39, 0.29) is 6.42 Å². The number of carbonyl (C=O) groups excluding carboxylic acids is 1. The molecule has 3 heteroatoms. The molecule has 1 aromatic carbocycles. The second kappa shape index (κ2) is 4.62. The summed E-state index contributed by atoms with van der Waals surface area (Å²) in [6.45, 7) is 1.55. The van der Waals surface area contributed by atoms with Gasteiger partial charge < -0.3 is 9.84 Å². The summed E-state index contributed by atoms with van der Waals surface area (Å²) in [6, 6.07) is 8.79. The minimum atomic E-state index is -0.656. The van der Waals surface area contributed by atoms with Crippen LogP contribution in [-0.2, 0) is 4.79 Å². The average molecular weight is 180 g/mol. The van der Waals surface area contributed by atoms with Gasteiger partial charge in [0.25, 0.3) is 0 Å². The summed E-state index contributed by atoms with van der Waals surface area (Å²) in [6.07, 6.45) is -0.634. The maximum Gasteiger partial charge on any atom is 0.313 e. The van der Waals surface area contributed by atoms with E-state index < -0.39 is 12.1 Å². The Morgan fingerprint density at radius 1 is 1.46 bits per heavy atom. The third kappa shape index (κ3) is 3.71. The summed E-state index contributed by atoms with van der Waals surface area (Å²) in [5.74, 6) is 0.0920. The second-order valence-electron chi connectivity index (χ2n) is 2.84. The summed E-state index contributed by atoms with van der Waals surface area (Å²) >= 11 is 0. The highest BCUT2D eigenvalue weighted by atomic mass is 16.5. The van der Waals surface area contributed by atoms with Crippen LogP contribution in [0.1, 0.15) is 13.3 Å². The van der Waals surface area contributed by atoms with E-state index in [1.54, 1.807) is 31.2 Å². The van der Waals surface area contributed by atoms with Gasteiger partial charge in [0.1, 0.15) is 5.75 Å². The Balaban J connectivity index is 2.46. The van der Waals surface area contributed by atoms with Crippen molar-refractivity contribution in [3.8, 4) is 5.75 Å². The zero-order valence-corrected chi connectivity index (χ0v) is 7.43. The Morgan fingerprint density at radius 3 is 2.62 bits per heavy atom. The van der Waals surface area contributed by atoms with Crippen LogP contribution in [0.15, 0.2) is 30.3 Å². The molecule has 13 heavy (non-hydrogen) atoms. The molecule has 0 aromatic heterocycles. The number of carbonyl (C=O) groups is 1. The molecule has 1 rings (SSSR count). The molecule has 1 unspecified atom stereocenters. The molecule has 3 nitrogen and oxygen atoms in total. The quantitative estimate of drug-likeness (QED) is 0.564. The lowest BCUT2D eigenvalue weighted by molar-refractivity contribution is -0.136. The summed E-state index contributed by atoms with van der Waals surface area (Å²) < 4.78 is 4.93. The van der Waals surface area contributed by atoms with E-state index in [1.807, 2.05) is 6.07 Å². The molecular weight excluding hydrogens is 168 g/mol. The van der Waals surface area contributed by atoms with Crippen molar-refractivity contribution in [3.05, 3.63) is 30.3 Å². The third-order valence-electron chi connectivity index (χ3n) is 1.44. The van der Waals surface area contributed by atoms with E-state index in [4.69, 9.17) is 9.84 Å². The Bertz CT molecular complexity index is 267. The minimum absolute atomic E-state index is 0.0227. The number of rotatable bonds is 3. The number of hydrogen-bond donors (Lipinski definition) is 1. The van der Waals surface area contributed by atoms with Crippen molar-refractivity contribution in [2.75, 3.05) is 0 Å². The van der Waals surface area contributed by atoms with Crippen molar-refractivity contribution >= 4 is 5.97 Å². The van der Waals surface area contributed by atoms with Crippen LogP contribution < -0.4 is 4.74 Å². The standard InChI is InChI=1S/C10H12O3/c1-8(11)7-10(12)13-9-5-3-2-4-6-9/h2-6,8,11H,7H2,1H3. The number of ether oxygens (including phenoxy) is 1. The Hall–Kier alpha value is -1.35. The van der Waals surface area contributed by atoms with Crippen LogP contribution in [0.25, 0.3) is 0 Å². The fraction of sp³-hybridized carbons (Fsp3) is 0.300. The van der Waals surface area contributed by atoms with E-state index in [0.29, 0.717) is 5.75 Å². The molecule has 0 aliphatic carbocycles. The Kier molecular flexibility index (Phi) is 3.46. The van der Waals surface area contributed by atoms with Gasteiger partial charge in [-0.25, -0.2) is 0 Å². The predicted molar refractivity (Wildman–Crippen MR) is 48.4 cm³/mol. The molecule has 1 atom stereocenters. The molecule has 0 aliphatic heterocycles. The number of para-hydroxylation sites is 1. The lowest BCUT2D eigenvalue weighted by Gasteiger charge is -2.04. The van der Waals surface area contributed by atoms with Crippen molar-refractivity contribution < 1.29 is 14.6 Å². The maximum atomic E-state index is 11.0. The molecule has 0 saturated carbocycles. The van der Waals surface area contributed by atoms with Crippen LogP contribution in [0.4, 0.5) is 0 Å². The normalized spacial score (nSPS) is 12.2. The number of hydrogen-bond acceptors (Lipinski definition) is 3. The largest absolute Gasteiger partial charge is 0.426 e. The molecule has 0 aliphatic rings. The van der Waals surface area contributed by atoms with Gasteiger partial charge in [0.2, 0.25) is 0 Å². The van der Waals surface area contributed by atoms with Crippen molar-refractivity contribution in [2.24, 2.45) is 0 Å². The summed E-state index contributed by atoms with van der Waals surface area (Å²) in [4.78, 5) is 11.0. The molecule has 0 bridgehead atoms. The molecule has 0 radical (unpaired) electrons. The van der Waals surface area contributed by atoms with Crippen LogP contribution in [0, 0.1) is 0 Å². The SMILES string of the molecule is CC(O)CC(=O)Oc1ccccc1. The lowest BCUT2D eigenvalue weighted by Crippen LogP contribution is -2.14. The van der Waals surface area contributed by atoms with E-state index in [1.165, 1.54) is 0 Å². The third-order valence-corrected chi connectivity index (χ3v) is 1.44. The molecule has 1 N–H and O–H groups in total. The van der Waals surface area contributed by atoms with Crippen LogP contribution in [0.3, 0.4) is 0 Å². The molecular formula is C10H12O3. The number of esters is 1. The average Bonchev–Trinajstić information content (AvgIpc) is 2.04. The monoisotopic (exact) mass is 180 g/mol. The highest BCUT2D eigenvalue weighted by molar-refractivity contribution is 5.72. The molecule has 1 aromatic rings. The second-order valence-corrected chi connectivity index (χ2v) is 2.84. The first-order valence-electron chi connectivity index (χ1n) is 4.12. The van der Waals surface area contributed by atoms with Crippen molar-refractivity contribution in [1.29, 1.82) is 0 Å². The molecule has 0 fully saturated rings. The fourth-order valence-electron chi connectivity index (χ4n) is 0.903. The van der Waals surface area contributed by atoms with Gasteiger partial charge >= 0.3 is 5.97 Å². The van der Waals surface area contributed by atoms with Crippen LogP contribution in [-0.4, -0.2) is 17.2 Å². The molecule has 70 valence electrons. The zero-order valence-electron chi connectivity index (χ0n) is 7.43. The molecule has 0 spiro atoms. The summed E-state index contributed by atoms with van der Waals surface area (Å²) in [5.41, 5.74) is 0. The maximum absolute atomic E-state index is 11.0. The van der Waals surface area contributed by atoms with E-state index >= 15 is 0 Å². The summed E-state index contributed by atoms with van der Waals surface area (Å²) in [5, 5.41) is 8.90. The van der Waals surface area contributed by atoms with Crippen LogP contribution in [0.2, 0.25) is 0 Å². The summed E-state index contributed by atoms with van der Waals surface area (Å²) in [7, 11) is 0. The van der Waals surface area contributed by atoms with Crippen LogP contribution >= 0.6 is 0 Å². The van der Waals surface area contributed by atoms with E-state index in [2.05, 4.69) is 0 Å². The number of aliphatic hydroxyl groups is 1. The van der Waals surface area contributed by atoms with Gasteiger partial charge in [0, 0.05) is 0 Å². The fourth-order valence-corrected chi connectivity index (χ4v) is 0.903. The van der Waals surface area contributed by atoms with Gasteiger partial charge in [-0.2, -0.15) is 0 Å².